The molecule has 0 spiro atoms. The molecular formula is C27H22ClF3N6O2. The first-order valence-corrected chi connectivity index (χ1v) is 12.4. The summed E-state index contributed by atoms with van der Waals surface area (Å²) in [5.41, 5.74) is 2.86. The van der Waals surface area contributed by atoms with Crippen LogP contribution in [0.5, 0.6) is 5.75 Å². The van der Waals surface area contributed by atoms with Crippen LogP contribution in [0.15, 0.2) is 67.3 Å². The van der Waals surface area contributed by atoms with Gasteiger partial charge in [0, 0.05) is 55.9 Å². The molecule has 8 nitrogen and oxygen atoms in total. The number of hydrogen-bond donors (Lipinski definition) is 0. The van der Waals surface area contributed by atoms with Crippen molar-refractivity contribution in [3.8, 4) is 28.3 Å². The van der Waals surface area contributed by atoms with Crippen LogP contribution in [0.1, 0.15) is 16.1 Å². The minimum Gasteiger partial charge on any atom is -0.406 e. The third kappa shape index (κ3) is 5.93. The molecule has 12 heteroatoms. The van der Waals surface area contributed by atoms with Crippen molar-refractivity contribution in [3.63, 3.8) is 0 Å². The molecule has 1 aromatic carbocycles. The van der Waals surface area contributed by atoms with Crippen molar-refractivity contribution in [1.29, 1.82) is 0 Å². The Bertz CT molecular complexity index is 1510. The lowest BCUT2D eigenvalue weighted by Crippen LogP contribution is -2.49. The molecule has 1 saturated heterocycles. The minimum absolute atomic E-state index is 0.126. The highest BCUT2D eigenvalue weighted by Gasteiger charge is 2.31. The van der Waals surface area contributed by atoms with E-state index in [1.54, 1.807) is 41.7 Å². The molecule has 0 unspecified atom stereocenters. The van der Waals surface area contributed by atoms with Crippen LogP contribution in [0.4, 0.5) is 19.0 Å². The van der Waals surface area contributed by atoms with Gasteiger partial charge >= 0.3 is 6.36 Å². The monoisotopic (exact) mass is 554 g/mol. The predicted molar refractivity (Wildman–Crippen MR) is 139 cm³/mol. The number of aryl methyl sites for hydroxylation is 1. The maximum Gasteiger partial charge on any atom is 0.573 e. The molecule has 0 N–H and O–H groups in total. The van der Waals surface area contributed by atoms with E-state index in [4.69, 9.17) is 16.6 Å². The molecule has 1 aliphatic heterocycles. The molecular weight excluding hydrogens is 533 g/mol. The van der Waals surface area contributed by atoms with Crippen molar-refractivity contribution in [2.75, 3.05) is 31.1 Å². The topological polar surface area (TPSA) is 84.3 Å². The number of alkyl halides is 3. The van der Waals surface area contributed by atoms with Gasteiger partial charge in [-0.25, -0.2) is 4.98 Å². The van der Waals surface area contributed by atoms with Crippen LogP contribution in [0, 0.1) is 6.92 Å². The second-order valence-corrected chi connectivity index (χ2v) is 9.21. The van der Waals surface area contributed by atoms with E-state index in [0.717, 1.165) is 5.56 Å². The molecule has 1 aliphatic rings. The van der Waals surface area contributed by atoms with Gasteiger partial charge in [0.25, 0.3) is 5.91 Å². The van der Waals surface area contributed by atoms with Crippen LogP contribution >= 0.6 is 11.6 Å². The number of hydrogen-bond acceptors (Lipinski definition) is 7. The Morgan fingerprint density at radius 1 is 0.974 bits per heavy atom. The Kier molecular flexibility index (Phi) is 7.34. The average molecular weight is 555 g/mol. The standard InChI is InChI=1S/C27H22ClF3N6O2/c1-17-4-3-8-33-23(17)26(38)37-12-10-36(11-13-37)22-16-34-24(25(35-22)20-7-9-32-15-21(20)28)18-5-2-6-19(14-18)39-27(29,30)31/h2-9,14-16H,10-13H2,1H3. The number of amides is 1. The van der Waals surface area contributed by atoms with Gasteiger partial charge in [-0.3, -0.25) is 19.7 Å². The van der Waals surface area contributed by atoms with Gasteiger partial charge in [-0.15, -0.1) is 13.2 Å². The first kappa shape index (κ1) is 26.4. The van der Waals surface area contributed by atoms with Gasteiger partial charge in [-0.1, -0.05) is 29.8 Å². The number of piperazine rings is 1. The second kappa shape index (κ2) is 10.9. The largest absolute Gasteiger partial charge is 0.573 e. The Morgan fingerprint density at radius 2 is 1.77 bits per heavy atom. The number of carbonyl (C=O) groups is 1. The number of ether oxygens (including phenoxy) is 1. The molecule has 4 heterocycles. The SMILES string of the molecule is Cc1cccnc1C(=O)N1CCN(c2cnc(-c3cccc(OC(F)(F)F)c3)c(-c3ccncc3Cl)n2)CC1. The van der Waals surface area contributed by atoms with E-state index >= 15 is 0 Å². The van der Waals surface area contributed by atoms with Crippen LogP contribution < -0.4 is 9.64 Å². The van der Waals surface area contributed by atoms with E-state index in [1.807, 2.05) is 17.9 Å². The fraction of sp³-hybridized carbons (Fsp3) is 0.222. The molecule has 200 valence electrons. The van der Waals surface area contributed by atoms with Crippen LogP contribution in [0.25, 0.3) is 22.5 Å². The third-order valence-corrected chi connectivity index (χ3v) is 6.53. The summed E-state index contributed by atoms with van der Waals surface area (Å²) in [6.07, 6.45) is 1.34. The van der Waals surface area contributed by atoms with E-state index in [0.29, 0.717) is 65.2 Å². The highest BCUT2D eigenvalue weighted by Crippen LogP contribution is 2.36. The third-order valence-electron chi connectivity index (χ3n) is 6.23. The molecule has 39 heavy (non-hydrogen) atoms. The van der Waals surface area contributed by atoms with Crippen LogP contribution in [-0.4, -0.2) is 63.3 Å². The molecule has 1 fully saturated rings. The lowest BCUT2D eigenvalue weighted by molar-refractivity contribution is -0.274. The summed E-state index contributed by atoms with van der Waals surface area (Å²) in [5.74, 6) is 0.0476. The molecule has 4 aromatic rings. The highest BCUT2D eigenvalue weighted by molar-refractivity contribution is 6.33. The number of carbonyl (C=O) groups excluding carboxylic acids is 1. The number of pyridine rings is 2. The summed E-state index contributed by atoms with van der Waals surface area (Å²) in [7, 11) is 0. The number of benzene rings is 1. The van der Waals surface area contributed by atoms with E-state index in [-0.39, 0.29) is 11.7 Å². The molecule has 0 aliphatic carbocycles. The molecule has 0 atom stereocenters. The first-order chi connectivity index (χ1) is 18.7. The van der Waals surface area contributed by atoms with Crippen LogP contribution in [-0.2, 0) is 0 Å². The Balaban J connectivity index is 1.44. The zero-order chi connectivity index (χ0) is 27.6. The van der Waals surface area contributed by atoms with Crippen molar-refractivity contribution in [1.82, 2.24) is 24.8 Å². The smallest absolute Gasteiger partial charge is 0.406 e. The van der Waals surface area contributed by atoms with Gasteiger partial charge in [-0.05, 0) is 36.8 Å². The maximum absolute atomic E-state index is 13.0. The quantitative estimate of drug-likeness (QED) is 0.325. The van der Waals surface area contributed by atoms with Gasteiger partial charge in [0.05, 0.1) is 16.9 Å². The van der Waals surface area contributed by atoms with Crippen LogP contribution in [0.3, 0.4) is 0 Å². The predicted octanol–water partition coefficient (Wildman–Crippen LogP) is 5.42. The Hall–Kier alpha value is -4.25. The van der Waals surface area contributed by atoms with Gasteiger partial charge in [-0.2, -0.15) is 0 Å². The Morgan fingerprint density at radius 3 is 2.49 bits per heavy atom. The lowest BCUT2D eigenvalue weighted by Gasteiger charge is -2.35. The number of nitrogens with zero attached hydrogens (tertiary/aromatic N) is 6. The van der Waals surface area contributed by atoms with Crippen molar-refractivity contribution in [3.05, 3.63) is 83.5 Å². The molecule has 0 radical (unpaired) electrons. The summed E-state index contributed by atoms with van der Waals surface area (Å²) < 4.78 is 42.5. The zero-order valence-electron chi connectivity index (χ0n) is 20.7. The van der Waals surface area contributed by atoms with Crippen molar-refractivity contribution >= 4 is 23.3 Å². The van der Waals surface area contributed by atoms with Gasteiger partial charge < -0.3 is 14.5 Å². The van der Waals surface area contributed by atoms with Gasteiger partial charge in [0.2, 0.25) is 0 Å². The summed E-state index contributed by atoms with van der Waals surface area (Å²) in [4.78, 5) is 34.4. The normalized spacial score (nSPS) is 13.9. The van der Waals surface area contributed by atoms with E-state index in [9.17, 15) is 18.0 Å². The minimum atomic E-state index is -4.83. The fourth-order valence-corrected chi connectivity index (χ4v) is 4.55. The van der Waals surface area contributed by atoms with Crippen molar-refractivity contribution < 1.29 is 22.7 Å². The number of aromatic nitrogens is 4. The summed E-state index contributed by atoms with van der Waals surface area (Å²) in [6.45, 7) is 3.78. The number of halogens is 4. The zero-order valence-corrected chi connectivity index (χ0v) is 21.4. The summed E-state index contributed by atoms with van der Waals surface area (Å²) >= 11 is 6.43. The van der Waals surface area contributed by atoms with Crippen LogP contribution in [0.2, 0.25) is 5.02 Å². The Labute approximate surface area is 227 Å². The molecule has 3 aromatic heterocycles. The lowest BCUT2D eigenvalue weighted by atomic mass is 10.0. The van der Waals surface area contributed by atoms with E-state index in [2.05, 4.69) is 19.7 Å². The maximum atomic E-state index is 13.0. The van der Waals surface area contributed by atoms with E-state index in [1.165, 1.54) is 24.4 Å². The average Bonchev–Trinajstić information content (AvgIpc) is 2.92. The number of anilines is 1. The van der Waals surface area contributed by atoms with Crippen molar-refractivity contribution in [2.45, 2.75) is 13.3 Å². The second-order valence-electron chi connectivity index (χ2n) is 8.80. The highest BCUT2D eigenvalue weighted by atomic mass is 35.5. The van der Waals surface area contributed by atoms with Gasteiger partial charge in [0.1, 0.15) is 23.0 Å². The van der Waals surface area contributed by atoms with E-state index < -0.39 is 6.36 Å². The summed E-state index contributed by atoms with van der Waals surface area (Å²) in [5, 5.41) is 0.314. The van der Waals surface area contributed by atoms with Gasteiger partial charge in [0.15, 0.2) is 0 Å². The molecule has 5 rings (SSSR count). The number of rotatable bonds is 5. The molecule has 1 amide bonds. The van der Waals surface area contributed by atoms with Crippen molar-refractivity contribution in [2.24, 2.45) is 0 Å². The fourth-order valence-electron chi connectivity index (χ4n) is 4.34. The molecule has 0 saturated carbocycles. The summed E-state index contributed by atoms with van der Waals surface area (Å²) in [6, 6.07) is 10.8. The first-order valence-electron chi connectivity index (χ1n) is 12.0. The molecule has 0 bridgehead atoms.